The fourth-order valence-corrected chi connectivity index (χ4v) is 17.6. The molecule has 454 valence electrons. The molecule has 0 saturated heterocycles. The number of hydrogen-bond acceptors (Lipinski definition) is 2. The van der Waals surface area contributed by atoms with Crippen molar-refractivity contribution in [3.05, 3.63) is 320 Å². The SMILES string of the molecule is CC1(C)c2ccccc2-c2ccc(-n3c4ccccc4c4cc(-c5ccc6c(c5)c5cc(-c7ccc8c(c7)c7ccccc7n8-c7ccc8c(c7)C(C)(C)c7ccccc7-8)ccc5n6-c5ccc6c7c(cccc57)-c5nc(-c7ccccc7)nc(-c7ccccc7)c5-6)ccc43)cc21. The van der Waals surface area contributed by atoms with Crippen LogP contribution >= 0.6 is 0 Å². The molecule has 0 saturated carbocycles. The van der Waals surface area contributed by atoms with Gasteiger partial charge in [-0.05, 0) is 163 Å². The van der Waals surface area contributed by atoms with Crippen LogP contribution in [0.4, 0.5) is 0 Å². The Morgan fingerprint density at radius 2 is 0.639 bits per heavy atom. The lowest BCUT2D eigenvalue weighted by Crippen LogP contribution is -2.15. The molecule has 0 N–H and O–H groups in total. The van der Waals surface area contributed by atoms with E-state index in [9.17, 15) is 0 Å². The minimum Gasteiger partial charge on any atom is -0.309 e. The number of hydrogen-bond donors (Lipinski definition) is 0. The lowest BCUT2D eigenvalue weighted by molar-refractivity contribution is 0.660. The molecule has 3 aliphatic rings. The van der Waals surface area contributed by atoms with Crippen molar-refractivity contribution < 1.29 is 0 Å². The van der Waals surface area contributed by atoms with Gasteiger partial charge in [-0.3, -0.25) is 0 Å². The maximum absolute atomic E-state index is 5.45. The van der Waals surface area contributed by atoms with Gasteiger partial charge in [-0.15, -0.1) is 0 Å². The number of aromatic nitrogens is 5. The number of fused-ring (bicyclic) bond motifs is 18. The predicted octanol–water partition coefficient (Wildman–Crippen LogP) is 23.8. The minimum atomic E-state index is -0.115. The Morgan fingerprint density at radius 3 is 1.16 bits per heavy atom. The van der Waals surface area contributed by atoms with E-state index in [4.69, 9.17) is 9.97 Å². The highest BCUT2D eigenvalue weighted by molar-refractivity contribution is 6.21. The van der Waals surface area contributed by atoms with Gasteiger partial charge in [0.15, 0.2) is 5.82 Å². The van der Waals surface area contributed by atoms with Crippen LogP contribution in [0, 0.1) is 0 Å². The van der Waals surface area contributed by atoms with Crippen molar-refractivity contribution in [3.63, 3.8) is 0 Å². The molecule has 97 heavy (non-hydrogen) atoms. The van der Waals surface area contributed by atoms with Gasteiger partial charge in [-0.2, -0.15) is 0 Å². The number of benzene rings is 14. The van der Waals surface area contributed by atoms with Crippen LogP contribution in [0.1, 0.15) is 49.9 Å². The van der Waals surface area contributed by atoms with E-state index in [0.717, 1.165) is 78.3 Å². The highest BCUT2D eigenvalue weighted by atomic mass is 15.0. The van der Waals surface area contributed by atoms with E-state index in [-0.39, 0.29) is 10.8 Å². The van der Waals surface area contributed by atoms with Crippen molar-refractivity contribution >= 4 is 76.2 Å². The summed E-state index contributed by atoms with van der Waals surface area (Å²) in [5, 5.41) is 9.66. The monoisotopic (exact) mass is 1240 g/mol. The molecule has 14 aromatic carbocycles. The van der Waals surface area contributed by atoms with Crippen molar-refractivity contribution in [2.24, 2.45) is 0 Å². The molecule has 4 aromatic heterocycles. The van der Waals surface area contributed by atoms with Crippen LogP contribution in [-0.4, -0.2) is 23.7 Å². The van der Waals surface area contributed by atoms with Crippen molar-refractivity contribution in [1.29, 1.82) is 0 Å². The zero-order valence-electron chi connectivity index (χ0n) is 54.0. The largest absolute Gasteiger partial charge is 0.309 e. The second kappa shape index (κ2) is 19.7. The molecule has 5 heteroatoms. The van der Waals surface area contributed by atoms with Crippen LogP contribution in [0.25, 0.3) is 183 Å². The van der Waals surface area contributed by atoms with E-state index in [1.165, 1.54) is 127 Å². The van der Waals surface area contributed by atoms with E-state index in [1.807, 2.05) is 6.07 Å². The molecule has 0 unspecified atom stereocenters. The summed E-state index contributed by atoms with van der Waals surface area (Å²) in [6, 6.07) is 111. The molecule has 0 radical (unpaired) electrons. The maximum Gasteiger partial charge on any atom is 0.160 e. The van der Waals surface area contributed by atoms with E-state index in [2.05, 4.69) is 333 Å². The zero-order chi connectivity index (χ0) is 64.2. The fourth-order valence-electron chi connectivity index (χ4n) is 17.6. The number of nitrogens with zero attached hydrogens (tertiary/aromatic N) is 5. The Labute approximate surface area is 561 Å². The van der Waals surface area contributed by atoms with Crippen LogP contribution in [0.5, 0.6) is 0 Å². The first-order chi connectivity index (χ1) is 47.6. The summed E-state index contributed by atoms with van der Waals surface area (Å²) < 4.78 is 7.47. The Hall–Kier alpha value is -12.2. The fraction of sp³-hybridized carbons (Fsp3) is 0.0652. The second-order valence-electron chi connectivity index (χ2n) is 28.0. The van der Waals surface area contributed by atoms with Gasteiger partial charge in [0.1, 0.15) is 0 Å². The lowest BCUT2D eigenvalue weighted by Gasteiger charge is -2.22. The Bertz CT molecular complexity index is 6210. The topological polar surface area (TPSA) is 40.6 Å². The molecule has 0 fully saturated rings. The first kappa shape index (κ1) is 54.2. The van der Waals surface area contributed by atoms with Gasteiger partial charge >= 0.3 is 0 Å². The van der Waals surface area contributed by atoms with Gasteiger partial charge < -0.3 is 13.7 Å². The molecule has 0 amide bonds. The minimum absolute atomic E-state index is 0.115. The van der Waals surface area contributed by atoms with Crippen molar-refractivity contribution in [3.8, 4) is 107 Å². The van der Waals surface area contributed by atoms with E-state index in [0.29, 0.717) is 0 Å². The summed E-state index contributed by atoms with van der Waals surface area (Å²) >= 11 is 0. The molecule has 0 spiro atoms. The summed E-state index contributed by atoms with van der Waals surface area (Å²) in [5.41, 5.74) is 33.1. The van der Waals surface area contributed by atoms with E-state index < -0.39 is 0 Å². The Morgan fingerprint density at radius 1 is 0.247 bits per heavy atom. The smallest absolute Gasteiger partial charge is 0.160 e. The lowest BCUT2D eigenvalue weighted by atomic mass is 9.82. The Balaban J connectivity index is 0.750. The third kappa shape index (κ3) is 7.54. The van der Waals surface area contributed by atoms with Gasteiger partial charge in [0, 0.05) is 87.5 Å². The molecule has 0 atom stereocenters. The van der Waals surface area contributed by atoms with E-state index >= 15 is 0 Å². The molecule has 18 aromatic rings. The molecular formula is C92H61N5. The molecule has 21 rings (SSSR count). The third-order valence-corrected chi connectivity index (χ3v) is 22.2. The van der Waals surface area contributed by atoms with Crippen LogP contribution in [0.15, 0.2) is 297 Å². The maximum atomic E-state index is 5.45. The summed E-state index contributed by atoms with van der Waals surface area (Å²) in [6.07, 6.45) is 0. The Kier molecular flexibility index (Phi) is 11.0. The van der Waals surface area contributed by atoms with Crippen LogP contribution in [0.2, 0.25) is 0 Å². The second-order valence-corrected chi connectivity index (χ2v) is 28.0. The van der Waals surface area contributed by atoms with Gasteiger partial charge in [-0.25, -0.2) is 9.97 Å². The van der Waals surface area contributed by atoms with Crippen molar-refractivity contribution in [2.75, 3.05) is 0 Å². The average Bonchev–Trinajstić information content (AvgIpc) is 1.56. The predicted molar refractivity (Wildman–Crippen MR) is 404 cm³/mol. The molecule has 5 nitrogen and oxygen atoms in total. The van der Waals surface area contributed by atoms with Gasteiger partial charge in [0.2, 0.25) is 0 Å². The molecule has 0 aliphatic heterocycles. The first-order valence-electron chi connectivity index (χ1n) is 33.9. The highest BCUT2D eigenvalue weighted by Gasteiger charge is 2.38. The summed E-state index contributed by atoms with van der Waals surface area (Å²) in [7, 11) is 0. The van der Waals surface area contributed by atoms with Crippen LogP contribution in [-0.2, 0) is 10.8 Å². The van der Waals surface area contributed by atoms with E-state index in [1.54, 1.807) is 0 Å². The summed E-state index contributed by atoms with van der Waals surface area (Å²) in [4.78, 5) is 10.8. The third-order valence-electron chi connectivity index (χ3n) is 22.2. The average molecular weight is 1240 g/mol. The standard InChI is InChI=1S/C92H61N5/c1-91(2)75-30-15-11-24-62(75)64-40-38-60(52-77(64)91)95-79-32-17-13-26-66(79)71-48-56(34-43-82(71)95)58-36-45-84-73(50-58)74-51-59(57-35-44-83-72(49-57)67-27-14-18-33-80(67)96(83)61-39-41-65-63-25-12-16-31-76(63)92(3,4)78(65)53-61)37-46-85(74)97(84)81-47-42-69-86-68(81)28-19-29-70(86)89-87(69)88(54-20-7-5-8-21-54)93-90(94-89)55-22-9-6-10-23-55/h5-53H,1-4H3. The van der Waals surface area contributed by atoms with Crippen LogP contribution < -0.4 is 0 Å². The van der Waals surface area contributed by atoms with Gasteiger partial charge in [0.05, 0.1) is 50.2 Å². The van der Waals surface area contributed by atoms with Crippen LogP contribution in [0.3, 0.4) is 0 Å². The van der Waals surface area contributed by atoms with Crippen molar-refractivity contribution in [1.82, 2.24) is 23.7 Å². The van der Waals surface area contributed by atoms with Gasteiger partial charge in [-0.1, -0.05) is 234 Å². The first-order valence-corrected chi connectivity index (χ1v) is 33.9. The number of para-hydroxylation sites is 2. The normalized spacial score (nSPS) is 13.7. The molecular weight excluding hydrogens is 1180 g/mol. The zero-order valence-corrected chi connectivity index (χ0v) is 54.0. The highest BCUT2D eigenvalue weighted by Crippen LogP contribution is 2.55. The van der Waals surface area contributed by atoms with Crippen molar-refractivity contribution in [2.45, 2.75) is 38.5 Å². The summed E-state index contributed by atoms with van der Waals surface area (Å²) in [5.74, 6) is 0.719. The number of rotatable bonds is 7. The molecule has 0 bridgehead atoms. The van der Waals surface area contributed by atoms with Gasteiger partial charge in [0.25, 0.3) is 0 Å². The molecule has 3 aliphatic carbocycles. The quantitative estimate of drug-likeness (QED) is 0.160. The molecule has 4 heterocycles. The summed E-state index contributed by atoms with van der Waals surface area (Å²) in [6.45, 7) is 9.48.